The first-order valence-electron chi connectivity index (χ1n) is 8.90. The van der Waals surface area contributed by atoms with Gasteiger partial charge < -0.3 is 24.8 Å². The number of para-hydroxylation sites is 1. The highest BCUT2D eigenvalue weighted by Crippen LogP contribution is 2.26. The zero-order valence-corrected chi connectivity index (χ0v) is 16.3. The van der Waals surface area contributed by atoms with Crippen LogP contribution >= 0.6 is 0 Å². The van der Waals surface area contributed by atoms with E-state index in [1.54, 1.807) is 26.3 Å². The van der Waals surface area contributed by atoms with Crippen LogP contribution in [0.1, 0.15) is 11.1 Å². The molecule has 29 heavy (non-hydrogen) atoms. The molecule has 9 heteroatoms. The number of hydrogen-bond donors (Lipinski definition) is 2. The van der Waals surface area contributed by atoms with E-state index in [0.717, 1.165) is 11.3 Å². The van der Waals surface area contributed by atoms with Gasteiger partial charge in [0.1, 0.15) is 18.1 Å². The maximum Gasteiger partial charge on any atom is 0.573 e. The summed E-state index contributed by atoms with van der Waals surface area (Å²) in [5.41, 5.74) is 1.36. The van der Waals surface area contributed by atoms with Gasteiger partial charge in [0, 0.05) is 32.8 Å². The molecule has 0 saturated carbocycles. The lowest BCUT2D eigenvalue weighted by molar-refractivity contribution is -0.274. The van der Waals surface area contributed by atoms with Gasteiger partial charge in [-0.15, -0.1) is 13.2 Å². The van der Waals surface area contributed by atoms with Crippen molar-refractivity contribution < 1.29 is 27.4 Å². The standard InChI is InChI=1S/C20H24F3N3O3/c1-24-19(25-13-15-7-9-17(10-8-15)28-12-11-27-2)26-14-16-5-3-4-6-18(16)29-20(21,22)23/h3-10H,11-14H2,1-2H3,(H2,24,25,26). The number of rotatable bonds is 9. The lowest BCUT2D eigenvalue weighted by Crippen LogP contribution is -2.36. The molecule has 0 aliphatic carbocycles. The van der Waals surface area contributed by atoms with Gasteiger partial charge in [-0.1, -0.05) is 30.3 Å². The van der Waals surface area contributed by atoms with Crippen LogP contribution < -0.4 is 20.1 Å². The largest absolute Gasteiger partial charge is 0.573 e. The number of nitrogens with one attached hydrogen (secondary N) is 2. The Hall–Kier alpha value is -2.94. The van der Waals surface area contributed by atoms with E-state index in [-0.39, 0.29) is 12.3 Å². The van der Waals surface area contributed by atoms with Crippen LogP contribution in [0, 0.1) is 0 Å². The van der Waals surface area contributed by atoms with Crippen molar-refractivity contribution in [1.82, 2.24) is 10.6 Å². The van der Waals surface area contributed by atoms with Crippen LogP contribution in [0.4, 0.5) is 13.2 Å². The van der Waals surface area contributed by atoms with Gasteiger partial charge >= 0.3 is 6.36 Å². The summed E-state index contributed by atoms with van der Waals surface area (Å²) in [6.45, 7) is 1.60. The maximum absolute atomic E-state index is 12.5. The number of aliphatic imine (C=N–C) groups is 1. The normalized spacial score (nSPS) is 11.8. The molecule has 0 heterocycles. The number of alkyl halides is 3. The summed E-state index contributed by atoms with van der Waals surface area (Å²) < 4.78 is 52.0. The zero-order chi connectivity index (χ0) is 21.1. The number of nitrogens with zero attached hydrogens (tertiary/aromatic N) is 1. The lowest BCUT2D eigenvalue weighted by atomic mass is 10.2. The summed E-state index contributed by atoms with van der Waals surface area (Å²) >= 11 is 0. The number of halogens is 3. The van der Waals surface area contributed by atoms with E-state index in [4.69, 9.17) is 9.47 Å². The fourth-order valence-electron chi connectivity index (χ4n) is 2.41. The third-order valence-electron chi connectivity index (χ3n) is 3.81. The average molecular weight is 411 g/mol. The van der Waals surface area contributed by atoms with Gasteiger partial charge in [-0.2, -0.15) is 0 Å². The molecule has 0 fully saturated rings. The SMILES string of the molecule is CN=C(NCc1ccc(OCCOC)cc1)NCc1ccccc1OC(F)(F)F. The van der Waals surface area contributed by atoms with Crippen LogP contribution in [0.25, 0.3) is 0 Å². The van der Waals surface area contributed by atoms with Crippen molar-refractivity contribution in [2.45, 2.75) is 19.5 Å². The molecule has 0 unspecified atom stereocenters. The first-order chi connectivity index (χ1) is 13.9. The summed E-state index contributed by atoms with van der Waals surface area (Å²) in [5, 5.41) is 6.09. The molecule has 0 aliphatic rings. The fraction of sp³-hybridized carbons (Fsp3) is 0.350. The second-order valence-electron chi connectivity index (χ2n) is 5.92. The summed E-state index contributed by atoms with van der Waals surface area (Å²) in [5.74, 6) is 0.953. The van der Waals surface area contributed by atoms with Crippen LogP contribution in [0.3, 0.4) is 0 Å². The first kappa shape index (κ1) is 22.4. The van der Waals surface area contributed by atoms with E-state index >= 15 is 0 Å². The highest BCUT2D eigenvalue weighted by atomic mass is 19.4. The monoisotopic (exact) mass is 411 g/mol. The third-order valence-corrected chi connectivity index (χ3v) is 3.81. The van der Waals surface area contributed by atoms with Gasteiger partial charge in [0.05, 0.1) is 6.61 Å². The molecular formula is C20H24F3N3O3. The predicted octanol–water partition coefficient (Wildman–Crippen LogP) is 3.48. The Balaban J connectivity index is 1.86. The summed E-state index contributed by atoms with van der Waals surface area (Å²) in [4.78, 5) is 4.08. The molecule has 0 spiro atoms. The van der Waals surface area contributed by atoms with Crippen molar-refractivity contribution in [1.29, 1.82) is 0 Å². The predicted molar refractivity (Wildman–Crippen MR) is 104 cm³/mol. The van der Waals surface area contributed by atoms with Crippen molar-refractivity contribution in [2.24, 2.45) is 4.99 Å². The molecule has 158 valence electrons. The number of guanidine groups is 1. The van der Waals surface area contributed by atoms with E-state index in [2.05, 4.69) is 20.4 Å². The molecule has 2 aromatic rings. The minimum absolute atomic E-state index is 0.123. The fourth-order valence-corrected chi connectivity index (χ4v) is 2.41. The van der Waals surface area contributed by atoms with Crippen LogP contribution in [-0.4, -0.2) is 39.7 Å². The number of methoxy groups -OCH3 is 1. The Labute approximate surface area is 167 Å². The molecule has 0 atom stereocenters. The van der Waals surface area contributed by atoms with E-state index in [1.165, 1.54) is 12.1 Å². The van der Waals surface area contributed by atoms with Gasteiger partial charge in [0.2, 0.25) is 0 Å². The van der Waals surface area contributed by atoms with E-state index in [0.29, 0.717) is 31.3 Å². The van der Waals surface area contributed by atoms with Crippen LogP contribution in [0.2, 0.25) is 0 Å². The molecule has 0 radical (unpaired) electrons. The first-order valence-corrected chi connectivity index (χ1v) is 8.90. The van der Waals surface area contributed by atoms with Crippen molar-refractivity contribution in [3.8, 4) is 11.5 Å². The van der Waals surface area contributed by atoms with Gasteiger partial charge in [0.25, 0.3) is 0 Å². The molecule has 0 aromatic heterocycles. The molecule has 2 N–H and O–H groups in total. The quantitative estimate of drug-likeness (QED) is 0.376. The van der Waals surface area contributed by atoms with E-state index in [1.807, 2.05) is 24.3 Å². The Morgan fingerprint density at radius 3 is 2.31 bits per heavy atom. The Morgan fingerprint density at radius 1 is 0.966 bits per heavy atom. The van der Waals surface area contributed by atoms with Crippen LogP contribution in [0.5, 0.6) is 11.5 Å². The third kappa shape index (κ3) is 8.30. The van der Waals surface area contributed by atoms with E-state index < -0.39 is 6.36 Å². The highest BCUT2D eigenvalue weighted by Gasteiger charge is 2.31. The summed E-state index contributed by atoms with van der Waals surface area (Å²) in [6.07, 6.45) is -4.74. The van der Waals surface area contributed by atoms with Gasteiger partial charge in [0.15, 0.2) is 5.96 Å². The van der Waals surface area contributed by atoms with Crippen molar-refractivity contribution in [3.63, 3.8) is 0 Å². The minimum Gasteiger partial charge on any atom is -0.491 e. The molecule has 2 aromatic carbocycles. The molecule has 0 aliphatic heterocycles. The Bertz CT molecular complexity index is 781. The second-order valence-corrected chi connectivity index (χ2v) is 5.92. The minimum atomic E-state index is -4.74. The van der Waals surface area contributed by atoms with Crippen molar-refractivity contribution >= 4 is 5.96 Å². The molecular weight excluding hydrogens is 387 g/mol. The van der Waals surface area contributed by atoms with E-state index in [9.17, 15) is 13.2 Å². The Morgan fingerprint density at radius 2 is 1.66 bits per heavy atom. The van der Waals surface area contributed by atoms with Crippen LogP contribution in [0.15, 0.2) is 53.5 Å². The van der Waals surface area contributed by atoms with Gasteiger partial charge in [-0.3, -0.25) is 4.99 Å². The molecule has 0 bridgehead atoms. The zero-order valence-electron chi connectivity index (χ0n) is 16.3. The average Bonchev–Trinajstić information content (AvgIpc) is 2.69. The van der Waals surface area contributed by atoms with Crippen molar-refractivity contribution in [2.75, 3.05) is 27.4 Å². The smallest absolute Gasteiger partial charge is 0.491 e. The molecule has 0 saturated heterocycles. The van der Waals surface area contributed by atoms with Crippen LogP contribution in [-0.2, 0) is 17.8 Å². The van der Waals surface area contributed by atoms with Gasteiger partial charge in [-0.25, -0.2) is 0 Å². The maximum atomic E-state index is 12.5. The van der Waals surface area contributed by atoms with Crippen molar-refractivity contribution in [3.05, 3.63) is 59.7 Å². The summed E-state index contributed by atoms with van der Waals surface area (Å²) in [7, 11) is 3.20. The van der Waals surface area contributed by atoms with Gasteiger partial charge in [-0.05, 0) is 23.8 Å². The summed E-state index contributed by atoms with van der Waals surface area (Å²) in [6, 6.07) is 13.5. The molecule has 0 amide bonds. The number of hydrogen-bond acceptors (Lipinski definition) is 4. The topological polar surface area (TPSA) is 64.1 Å². The second kappa shape index (κ2) is 11.2. The number of benzene rings is 2. The molecule has 2 rings (SSSR count). The molecule has 6 nitrogen and oxygen atoms in total. The highest BCUT2D eigenvalue weighted by molar-refractivity contribution is 5.79. The Kier molecular flexibility index (Phi) is 8.60. The lowest BCUT2D eigenvalue weighted by Gasteiger charge is -2.15. The number of ether oxygens (including phenoxy) is 3.